The number of carbonyl (C=O) groups is 1. The summed E-state index contributed by atoms with van der Waals surface area (Å²) in [5.74, 6) is 0.959. The average molecular weight is 513 g/mol. The minimum atomic E-state index is -0.596. The molecule has 1 amide bonds. The SMILES string of the molecule is CCOc1cc(/C=C(/C#N)C(=O)Nc2nnc(C)s2)cc(Cl)c1OCCOc1ccc(C)cc1C. The first-order valence-electron chi connectivity index (χ1n) is 10.8. The quantitative estimate of drug-likeness (QED) is 0.216. The van der Waals surface area contributed by atoms with Crippen LogP contribution >= 0.6 is 22.9 Å². The van der Waals surface area contributed by atoms with Crippen molar-refractivity contribution in [3.8, 4) is 23.3 Å². The zero-order valence-electron chi connectivity index (χ0n) is 19.8. The van der Waals surface area contributed by atoms with Gasteiger partial charge in [0.25, 0.3) is 5.91 Å². The van der Waals surface area contributed by atoms with E-state index in [-0.39, 0.29) is 17.2 Å². The molecule has 0 bridgehead atoms. The van der Waals surface area contributed by atoms with E-state index >= 15 is 0 Å². The Morgan fingerprint density at radius 2 is 1.89 bits per heavy atom. The van der Waals surface area contributed by atoms with Crippen LogP contribution in [0.15, 0.2) is 35.9 Å². The van der Waals surface area contributed by atoms with Crippen molar-refractivity contribution in [3.05, 3.63) is 62.6 Å². The number of hydrogen-bond acceptors (Lipinski definition) is 8. The predicted molar refractivity (Wildman–Crippen MR) is 136 cm³/mol. The van der Waals surface area contributed by atoms with Gasteiger partial charge in [-0.15, -0.1) is 10.2 Å². The first-order chi connectivity index (χ1) is 16.8. The highest BCUT2D eigenvalue weighted by Gasteiger charge is 2.16. The first-order valence-corrected chi connectivity index (χ1v) is 12.0. The van der Waals surface area contributed by atoms with E-state index in [0.717, 1.165) is 11.3 Å². The lowest BCUT2D eigenvalue weighted by atomic mass is 10.1. The van der Waals surface area contributed by atoms with Crippen molar-refractivity contribution in [1.82, 2.24) is 10.2 Å². The molecule has 1 N–H and O–H groups in total. The molecule has 0 atom stereocenters. The van der Waals surface area contributed by atoms with Crippen LogP contribution in [-0.4, -0.2) is 35.9 Å². The smallest absolute Gasteiger partial charge is 0.268 e. The zero-order valence-corrected chi connectivity index (χ0v) is 21.4. The highest BCUT2D eigenvalue weighted by atomic mass is 35.5. The number of amides is 1. The molecule has 0 fully saturated rings. The van der Waals surface area contributed by atoms with E-state index in [1.54, 1.807) is 19.1 Å². The number of benzene rings is 2. The Kier molecular flexibility index (Phi) is 9.06. The van der Waals surface area contributed by atoms with Gasteiger partial charge in [-0.05, 0) is 63.1 Å². The summed E-state index contributed by atoms with van der Waals surface area (Å²) in [5, 5.41) is 21.0. The Morgan fingerprint density at radius 3 is 2.54 bits per heavy atom. The number of carbonyl (C=O) groups excluding carboxylic acids is 1. The summed E-state index contributed by atoms with van der Waals surface area (Å²) in [4.78, 5) is 12.5. The maximum absolute atomic E-state index is 12.5. The Balaban J connectivity index is 1.72. The molecule has 8 nitrogen and oxygen atoms in total. The number of anilines is 1. The molecular formula is C25H25ClN4O4S. The Hall–Kier alpha value is -3.61. The molecule has 3 rings (SSSR count). The maximum Gasteiger partial charge on any atom is 0.268 e. The van der Waals surface area contributed by atoms with Gasteiger partial charge in [-0.25, -0.2) is 0 Å². The van der Waals surface area contributed by atoms with Crippen LogP contribution in [0.1, 0.15) is 28.6 Å². The normalized spacial score (nSPS) is 11.0. The molecule has 0 aliphatic heterocycles. The van der Waals surface area contributed by atoms with E-state index in [0.29, 0.717) is 40.4 Å². The first kappa shape index (κ1) is 26.0. The number of hydrogen-bond donors (Lipinski definition) is 1. The third-order valence-corrected chi connectivity index (χ3v) is 5.71. The fraction of sp³-hybridized carbons (Fsp3) is 0.280. The number of ether oxygens (including phenoxy) is 3. The second-order valence-electron chi connectivity index (χ2n) is 7.48. The van der Waals surface area contributed by atoms with Crippen LogP contribution in [0, 0.1) is 32.1 Å². The van der Waals surface area contributed by atoms with Gasteiger partial charge in [0.05, 0.1) is 11.6 Å². The van der Waals surface area contributed by atoms with Gasteiger partial charge in [0.2, 0.25) is 5.13 Å². The molecule has 35 heavy (non-hydrogen) atoms. The molecule has 1 aromatic heterocycles. The van der Waals surface area contributed by atoms with Crippen molar-refractivity contribution >= 4 is 40.1 Å². The van der Waals surface area contributed by atoms with Crippen molar-refractivity contribution in [2.24, 2.45) is 0 Å². The molecule has 182 valence electrons. The van der Waals surface area contributed by atoms with E-state index < -0.39 is 5.91 Å². The third kappa shape index (κ3) is 7.18. The van der Waals surface area contributed by atoms with Crippen molar-refractivity contribution < 1.29 is 19.0 Å². The topological polar surface area (TPSA) is 106 Å². The van der Waals surface area contributed by atoms with Gasteiger partial charge in [0.15, 0.2) is 11.5 Å². The summed E-state index contributed by atoms with van der Waals surface area (Å²) in [7, 11) is 0. The highest BCUT2D eigenvalue weighted by Crippen LogP contribution is 2.37. The number of aryl methyl sites for hydroxylation is 3. The Labute approximate surface area is 213 Å². The molecule has 0 saturated carbocycles. The fourth-order valence-corrected chi connectivity index (χ4v) is 4.02. The van der Waals surface area contributed by atoms with Gasteiger partial charge in [0, 0.05) is 0 Å². The zero-order chi connectivity index (χ0) is 25.4. The molecule has 2 aromatic carbocycles. The van der Waals surface area contributed by atoms with Crippen LogP contribution in [0.5, 0.6) is 17.2 Å². The summed E-state index contributed by atoms with van der Waals surface area (Å²) in [5.41, 5.74) is 2.61. The monoisotopic (exact) mass is 512 g/mol. The second-order valence-corrected chi connectivity index (χ2v) is 9.07. The van der Waals surface area contributed by atoms with E-state index in [1.165, 1.54) is 23.0 Å². The molecule has 10 heteroatoms. The molecule has 0 unspecified atom stereocenters. The van der Waals surface area contributed by atoms with Crippen LogP contribution in [0.25, 0.3) is 6.08 Å². The molecular weight excluding hydrogens is 488 g/mol. The number of nitrogens with zero attached hydrogens (tertiary/aromatic N) is 3. The van der Waals surface area contributed by atoms with Crippen molar-refractivity contribution in [2.45, 2.75) is 27.7 Å². The summed E-state index contributed by atoms with van der Waals surface area (Å²) in [6.45, 7) is 8.56. The van der Waals surface area contributed by atoms with Crippen molar-refractivity contribution in [1.29, 1.82) is 5.26 Å². The van der Waals surface area contributed by atoms with Gasteiger partial charge < -0.3 is 14.2 Å². The lowest BCUT2D eigenvalue weighted by Crippen LogP contribution is -2.13. The Bertz CT molecular complexity index is 1280. The highest BCUT2D eigenvalue weighted by molar-refractivity contribution is 7.15. The lowest BCUT2D eigenvalue weighted by Gasteiger charge is -2.15. The third-order valence-electron chi connectivity index (χ3n) is 4.67. The summed E-state index contributed by atoms with van der Waals surface area (Å²) in [6, 6.07) is 11.1. The second kappa shape index (κ2) is 12.2. The Morgan fingerprint density at radius 1 is 1.11 bits per heavy atom. The summed E-state index contributed by atoms with van der Waals surface area (Å²) in [6.07, 6.45) is 1.42. The van der Waals surface area contributed by atoms with E-state index in [1.807, 2.05) is 39.0 Å². The maximum atomic E-state index is 12.5. The molecule has 0 saturated heterocycles. The predicted octanol–water partition coefficient (Wildman–Crippen LogP) is 5.52. The van der Waals surface area contributed by atoms with E-state index in [9.17, 15) is 10.1 Å². The molecule has 0 aliphatic rings. The van der Waals surface area contributed by atoms with Crippen LogP contribution in [-0.2, 0) is 4.79 Å². The minimum Gasteiger partial charge on any atom is -0.490 e. The van der Waals surface area contributed by atoms with Gasteiger partial charge in [0.1, 0.15) is 35.6 Å². The summed E-state index contributed by atoms with van der Waals surface area (Å²) >= 11 is 7.69. The standard InChI is InChI=1S/C25H25ClN4O4S/c1-5-32-22-13-18(11-19(14-27)24(31)28-25-30-29-17(4)35-25)12-20(26)23(22)34-9-8-33-21-7-6-15(2)10-16(21)3/h6-7,10-13H,5,8-9H2,1-4H3,(H,28,30,31)/b19-11-. The van der Waals surface area contributed by atoms with Crippen molar-refractivity contribution in [3.63, 3.8) is 0 Å². The summed E-state index contributed by atoms with van der Waals surface area (Å²) < 4.78 is 17.4. The van der Waals surface area contributed by atoms with E-state index in [2.05, 4.69) is 21.6 Å². The van der Waals surface area contributed by atoms with Crippen molar-refractivity contribution in [2.75, 3.05) is 25.1 Å². The van der Waals surface area contributed by atoms with Gasteiger partial charge in [-0.1, -0.05) is 40.6 Å². The number of aromatic nitrogens is 2. The van der Waals surface area contributed by atoms with E-state index in [4.69, 9.17) is 25.8 Å². The number of halogens is 1. The van der Waals surface area contributed by atoms with Gasteiger partial charge in [-0.2, -0.15) is 5.26 Å². The minimum absolute atomic E-state index is 0.119. The largest absolute Gasteiger partial charge is 0.490 e. The van der Waals surface area contributed by atoms with Crippen LogP contribution in [0.2, 0.25) is 5.02 Å². The fourth-order valence-electron chi connectivity index (χ4n) is 3.16. The number of rotatable bonds is 10. The molecule has 1 heterocycles. The number of nitrogens with one attached hydrogen (secondary N) is 1. The molecule has 0 radical (unpaired) electrons. The molecule has 3 aromatic rings. The number of nitriles is 1. The van der Waals surface area contributed by atoms with Gasteiger partial charge >= 0.3 is 0 Å². The van der Waals surface area contributed by atoms with Gasteiger partial charge in [-0.3, -0.25) is 10.1 Å². The molecule has 0 aliphatic carbocycles. The average Bonchev–Trinajstić information content (AvgIpc) is 3.22. The van der Waals surface area contributed by atoms with Crippen LogP contribution < -0.4 is 19.5 Å². The lowest BCUT2D eigenvalue weighted by molar-refractivity contribution is -0.112. The van der Waals surface area contributed by atoms with Crippen LogP contribution in [0.4, 0.5) is 5.13 Å². The molecule has 0 spiro atoms. The van der Waals surface area contributed by atoms with Crippen LogP contribution in [0.3, 0.4) is 0 Å².